The Balaban J connectivity index is 2.19. The van der Waals surface area contributed by atoms with Crippen molar-refractivity contribution in [3.8, 4) is 23.7 Å². The van der Waals surface area contributed by atoms with E-state index >= 15 is 0 Å². The fraction of sp³-hybridized carbons (Fsp3) is 0.214. The number of likely N-dealkylation sites (N-methyl/N-ethyl adjacent to an activating group) is 1. The lowest BCUT2D eigenvalue weighted by Crippen LogP contribution is -2.35. The van der Waals surface area contributed by atoms with E-state index in [9.17, 15) is 4.79 Å². The zero-order valence-corrected chi connectivity index (χ0v) is 19.8. The van der Waals surface area contributed by atoms with Gasteiger partial charge < -0.3 is 9.64 Å². The molecule has 1 aromatic heterocycles. The van der Waals surface area contributed by atoms with Crippen LogP contribution in [0.3, 0.4) is 0 Å². The number of amidine groups is 1. The van der Waals surface area contributed by atoms with Gasteiger partial charge in [-0.2, -0.15) is 0 Å². The molecule has 0 radical (unpaired) electrons. The lowest BCUT2D eigenvalue weighted by atomic mass is 10.1. The molecule has 1 aromatic carbocycles. The van der Waals surface area contributed by atoms with Crippen LogP contribution in [0, 0.1) is 30.6 Å². The highest BCUT2D eigenvalue weighted by atomic mass is 16.5. The minimum Gasteiger partial charge on any atom is -0.370 e. The van der Waals surface area contributed by atoms with Crippen LogP contribution in [-0.4, -0.2) is 48.6 Å². The number of benzene rings is 1. The second-order valence-corrected chi connectivity index (χ2v) is 7.16. The van der Waals surface area contributed by atoms with Crippen molar-refractivity contribution >= 4 is 24.7 Å². The molecule has 0 saturated carbocycles. The van der Waals surface area contributed by atoms with Crippen LogP contribution < -0.4 is 0 Å². The van der Waals surface area contributed by atoms with Crippen LogP contribution in [0.5, 0.6) is 0 Å². The molecule has 172 valence electrons. The topological polar surface area (TPSA) is 67.2 Å². The highest BCUT2D eigenvalue weighted by molar-refractivity contribution is 5.95. The number of rotatable bonds is 8. The number of nitrogens with zero attached hydrogens (tertiary/aromatic N) is 4. The van der Waals surface area contributed by atoms with Gasteiger partial charge in [-0.1, -0.05) is 36.6 Å². The highest BCUT2D eigenvalue weighted by Crippen LogP contribution is 2.21. The summed E-state index contributed by atoms with van der Waals surface area (Å²) in [5.74, 6) is 12.5. The molecule has 2 rings (SSSR count). The molecule has 0 aliphatic carbocycles. The molecule has 0 saturated heterocycles. The Labute approximate surface area is 201 Å². The fourth-order valence-electron chi connectivity index (χ4n) is 2.77. The van der Waals surface area contributed by atoms with Gasteiger partial charge in [0.15, 0.2) is 0 Å². The van der Waals surface area contributed by atoms with Crippen LogP contribution in [0.25, 0.3) is 0 Å². The zero-order chi connectivity index (χ0) is 24.8. The molecular formula is C28H28N4O2. The SMILES string of the molecule is C=C/C=C(/C#Cc1ccc(C)c(N=C(C(C)OCCC#Cc2ccccn2)N(C)C=O)c1)N=C. The second-order valence-electron chi connectivity index (χ2n) is 7.16. The molecule has 1 amide bonds. The maximum Gasteiger partial charge on any atom is 0.214 e. The quantitative estimate of drug-likeness (QED) is 0.148. The number of aromatic nitrogens is 1. The minimum absolute atomic E-state index is 0.393. The molecule has 0 aliphatic heterocycles. The molecule has 0 aliphatic rings. The van der Waals surface area contributed by atoms with E-state index < -0.39 is 6.10 Å². The van der Waals surface area contributed by atoms with Crippen molar-refractivity contribution in [2.75, 3.05) is 13.7 Å². The van der Waals surface area contributed by atoms with Gasteiger partial charge in [-0.3, -0.25) is 9.79 Å². The standard InChI is InChI=1S/C28H28N4O2/c1-6-11-25(29-4)17-16-24-15-14-22(2)27(20-24)31-28(32(5)21-33)23(3)34-19-10-8-13-26-12-7-9-18-30-26/h6-7,9,11-12,14-15,18,20-21,23H,1,4,10,19H2,2-3,5H3/b25-11-,31-28?. The van der Waals surface area contributed by atoms with Gasteiger partial charge in [-0.15, -0.1) is 0 Å². The summed E-state index contributed by atoms with van der Waals surface area (Å²) >= 11 is 0. The predicted molar refractivity (Wildman–Crippen MR) is 138 cm³/mol. The van der Waals surface area contributed by atoms with Gasteiger partial charge in [0.2, 0.25) is 6.41 Å². The molecule has 6 heteroatoms. The number of carbonyl (C=O) groups excluding carboxylic acids is 1. The van der Waals surface area contributed by atoms with Crippen LogP contribution in [0.15, 0.2) is 77.0 Å². The van der Waals surface area contributed by atoms with Gasteiger partial charge in [0.25, 0.3) is 0 Å². The summed E-state index contributed by atoms with van der Waals surface area (Å²) in [6.45, 7) is 11.3. The number of ether oxygens (including phenoxy) is 1. The Morgan fingerprint density at radius 1 is 1.29 bits per heavy atom. The Bertz CT molecular complexity index is 1190. The third-order valence-corrected chi connectivity index (χ3v) is 4.58. The minimum atomic E-state index is -0.423. The van der Waals surface area contributed by atoms with Crippen molar-refractivity contribution in [1.82, 2.24) is 9.88 Å². The number of hydrogen-bond acceptors (Lipinski definition) is 5. The second kappa shape index (κ2) is 14.0. The molecule has 2 aromatic rings. The first-order valence-corrected chi connectivity index (χ1v) is 10.7. The lowest BCUT2D eigenvalue weighted by molar-refractivity contribution is -0.114. The number of hydrogen-bond donors (Lipinski definition) is 0. The predicted octanol–water partition coefficient (Wildman–Crippen LogP) is 4.48. The first kappa shape index (κ1) is 26.0. The van der Waals surface area contributed by atoms with Crippen molar-refractivity contribution < 1.29 is 9.53 Å². The summed E-state index contributed by atoms with van der Waals surface area (Å²) < 4.78 is 5.91. The van der Waals surface area contributed by atoms with Crippen LogP contribution in [0.4, 0.5) is 5.69 Å². The fourth-order valence-corrected chi connectivity index (χ4v) is 2.77. The summed E-state index contributed by atoms with van der Waals surface area (Å²) in [6, 6.07) is 11.3. The summed E-state index contributed by atoms with van der Waals surface area (Å²) in [5, 5.41) is 0. The summed E-state index contributed by atoms with van der Waals surface area (Å²) in [6.07, 6.45) is 5.81. The number of carbonyl (C=O) groups is 1. The number of allylic oxidation sites excluding steroid dienone is 3. The molecular weight excluding hydrogens is 424 g/mol. The van der Waals surface area contributed by atoms with Crippen molar-refractivity contribution in [1.29, 1.82) is 0 Å². The van der Waals surface area contributed by atoms with E-state index in [4.69, 9.17) is 9.73 Å². The number of aryl methyl sites for hydroxylation is 1. The van der Waals surface area contributed by atoms with Gasteiger partial charge in [0.05, 0.1) is 12.3 Å². The summed E-state index contributed by atoms with van der Waals surface area (Å²) in [4.78, 5) is 25.7. The van der Waals surface area contributed by atoms with Crippen LogP contribution in [0.1, 0.15) is 30.2 Å². The molecule has 6 nitrogen and oxygen atoms in total. The first-order valence-electron chi connectivity index (χ1n) is 10.7. The Morgan fingerprint density at radius 3 is 2.79 bits per heavy atom. The van der Waals surface area contributed by atoms with Crippen molar-refractivity contribution in [3.63, 3.8) is 0 Å². The van der Waals surface area contributed by atoms with E-state index in [-0.39, 0.29) is 0 Å². The van der Waals surface area contributed by atoms with Crippen molar-refractivity contribution in [2.24, 2.45) is 9.98 Å². The molecule has 34 heavy (non-hydrogen) atoms. The summed E-state index contributed by atoms with van der Waals surface area (Å²) in [7, 11) is 1.65. The largest absolute Gasteiger partial charge is 0.370 e. The Kier molecular flexibility index (Phi) is 10.7. The first-order chi connectivity index (χ1) is 16.5. The molecule has 0 fully saturated rings. The van der Waals surface area contributed by atoms with E-state index in [0.717, 1.165) is 11.1 Å². The molecule has 1 atom stereocenters. The maximum atomic E-state index is 11.5. The van der Waals surface area contributed by atoms with Crippen molar-refractivity contribution in [2.45, 2.75) is 26.4 Å². The van der Waals surface area contributed by atoms with Gasteiger partial charge in [-0.05, 0) is 68.3 Å². The van der Waals surface area contributed by atoms with Gasteiger partial charge in [0.1, 0.15) is 23.3 Å². The average molecular weight is 453 g/mol. The molecule has 0 spiro atoms. The van der Waals surface area contributed by atoms with E-state index in [2.05, 4.69) is 47.0 Å². The maximum absolute atomic E-state index is 11.5. The summed E-state index contributed by atoms with van der Waals surface area (Å²) in [5.41, 5.74) is 3.64. The number of aliphatic imine (C=N–C) groups is 2. The molecule has 1 heterocycles. The highest BCUT2D eigenvalue weighted by Gasteiger charge is 2.16. The van der Waals surface area contributed by atoms with Crippen LogP contribution in [-0.2, 0) is 9.53 Å². The molecule has 0 N–H and O–H groups in total. The number of pyridine rings is 1. The van der Waals surface area contributed by atoms with Gasteiger partial charge >= 0.3 is 0 Å². The van der Waals surface area contributed by atoms with Gasteiger partial charge in [0, 0.05) is 25.2 Å². The smallest absolute Gasteiger partial charge is 0.214 e. The third kappa shape index (κ3) is 8.35. The monoisotopic (exact) mass is 452 g/mol. The molecule has 0 bridgehead atoms. The average Bonchev–Trinajstić information content (AvgIpc) is 2.86. The van der Waals surface area contributed by atoms with E-state index in [0.29, 0.717) is 42.4 Å². The number of amides is 1. The van der Waals surface area contributed by atoms with E-state index in [1.54, 1.807) is 25.4 Å². The Hall–Kier alpha value is -4.26. The molecule has 1 unspecified atom stereocenters. The van der Waals surface area contributed by atoms with Gasteiger partial charge in [-0.25, -0.2) is 9.98 Å². The zero-order valence-electron chi connectivity index (χ0n) is 19.8. The van der Waals surface area contributed by atoms with Crippen LogP contribution >= 0.6 is 0 Å². The van der Waals surface area contributed by atoms with Crippen LogP contribution in [0.2, 0.25) is 0 Å². The van der Waals surface area contributed by atoms with E-state index in [1.807, 2.05) is 50.2 Å². The lowest BCUT2D eigenvalue weighted by Gasteiger charge is -2.21. The Morgan fingerprint density at radius 2 is 2.12 bits per heavy atom. The third-order valence-electron chi connectivity index (χ3n) is 4.58. The normalized spacial score (nSPS) is 11.9. The van der Waals surface area contributed by atoms with Crippen molar-refractivity contribution in [3.05, 3.63) is 83.8 Å². The van der Waals surface area contributed by atoms with E-state index in [1.165, 1.54) is 4.90 Å².